The summed E-state index contributed by atoms with van der Waals surface area (Å²) >= 11 is 0. The van der Waals surface area contributed by atoms with Crippen molar-refractivity contribution in [1.82, 2.24) is 44.6 Å². The van der Waals surface area contributed by atoms with Gasteiger partial charge in [0.25, 0.3) is 0 Å². The predicted octanol–water partition coefficient (Wildman–Crippen LogP) is 14.6. The second-order valence-electron chi connectivity index (χ2n) is 22.9. The number of fused-ring (bicyclic) bond motifs is 2. The van der Waals surface area contributed by atoms with Crippen molar-refractivity contribution in [1.29, 1.82) is 0 Å². The van der Waals surface area contributed by atoms with Gasteiger partial charge in [0.1, 0.15) is 12.2 Å². The highest BCUT2D eigenvalue weighted by molar-refractivity contribution is 6.01. The zero-order valence-corrected chi connectivity index (χ0v) is 52.5. The van der Waals surface area contributed by atoms with E-state index in [2.05, 4.69) is 63.4 Å². The summed E-state index contributed by atoms with van der Waals surface area (Å²) in [4.78, 5) is 50.2. The molecular weight excluding hydrogens is 1130 g/mol. The van der Waals surface area contributed by atoms with Gasteiger partial charge in [0.2, 0.25) is 35.5 Å². The SMILES string of the molecule is CC/C(=C(/c1ccc(OCCCC/C=C/C(=O)N(C)C)nc1)c1ccc2n[nH]c(F)c2c1)c1ccccc1.CC/C(=C(/c1ccc(OCCN(C/C=C/C(=O)N(C)C)C(=O)OC(C)(C)C)nc1)c1ccc2c(c1)c(F)nn2C1CCCCO1)c1ccccc1. The molecule has 18 heteroatoms. The topological polar surface area (TPSA) is 170 Å². The summed E-state index contributed by atoms with van der Waals surface area (Å²) in [6.45, 7) is 11.4. The van der Waals surface area contributed by atoms with Crippen LogP contribution >= 0.6 is 0 Å². The van der Waals surface area contributed by atoms with Crippen LogP contribution in [0.3, 0.4) is 0 Å². The quantitative estimate of drug-likeness (QED) is 0.0367. The third-order valence-electron chi connectivity index (χ3n) is 14.8. The van der Waals surface area contributed by atoms with Gasteiger partial charge in [0.05, 0.1) is 35.0 Å². The van der Waals surface area contributed by atoms with Crippen LogP contribution in [-0.2, 0) is 19.1 Å². The van der Waals surface area contributed by atoms with Crippen LogP contribution in [0.15, 0.2) is 158 Å². The smallest absolute Gasteiger partial charge is 0.410 e. The summed E-state index contributed by atoms with van der Waals surface area (Å²) < 4.78 is 54.8. The second-order valence-corrected chi connectivity index (χ2v) is 22.9. The third-order valence-corrected chi connectivity index (χ3v) is 14.8. The lowest BCUT2D eigenvalue weighted by Gasteiger charge is -2.26. The third kappa shape index (κ3) is 17.9. The molecule has 16 nitrogen and oxygen atoms in total. The van der Waals surface area contributed by atoms with Crippen LogP contribution in [0.1, 0.15) is 126 Å². The predicted molar refractivity (Wildman–Crippen MR) is 347 cm³/mol. The highest BCUT2D eigenvalue weighted by Gasteiger charge is 2.25. The highest BCUT2D eigenvalue weighted by atomic mass is 19.1. The molecule has 1 atom stereocenters. The number of hydrogen-bond donors (Lipinski definition) is 1. The Balaban J connectivity index is 0.000000240. The van der Waals surface area contributed by atoms with Gasteiger partial charge in [-0.15, -0.1) is 5.10 Å². The zero-order valence-electron chi connectivity index (χ0n) is 52.5. The lowest BCUT2D eigenvalue weighted by Crippen LogP contribution is -2.39. The molecule has 1 fully saturated rings. The summed E-state index contributed by atoms with van der Waals surface area (Å²) in [5, 5.41) is 11.6. The summed E-state index contributed by atoms with van der Waals surface area (Å²) in [6, 6.07) is 39.4. The van der Waals surface area contributed by atoms with Crippen molar-refractivity contribution in [2.75, 3.05) is 61.1 Å². The number of aromatic nitrogens is 6. The molecule has 5 heterocycles. The van der Waals surface area contributed by atoms with E-state index in [9.17, 15) is 18.8 Å². The Hall–Kier alpha value is -9.29. The van der Waals surface area contributed by atoms with E-state index in [1.54, 1.807) is 83.0 Å². The average molecular weight is 1210 g/mol. The van der Waals surface area contributed by atoms with E-state index in [4.69, 9.17) is 18.9 Å². The number of likely N-dealkylation sites (N-methyl/N-ethyl adjacent to an activating group) is 2. The van der Waals surface area contributed by atoms with Crippen LogP contribution in [-0.4, -0.2) is 129 Å². The Morgan fingerprint density at radius 1 is 0.674 bits per heavy atom. The van der Waals surface area contributed by atoms with Crippen molar-refractivity contribution in [3.05, 3.63) is 203 Å². The van der Waals surface area contributed by atoms with Gasteiger partial charge in [-0.1, -0.05) is 98.8 Å². The fourth-order valence-corrected chi connectivity index (χ4v) is 10.3. The number of aromatic amines is 1. The average Bonchev–Trinajstić information content (AvgIpc) is 1.86. The van der Waals surface area contributed by atoms with Crippen LogP contribution < -0.4 is 9.47 Å². The molecule has 8 aromatic rings. The molecule has 1 aliphatic rings. The standard InChI is InChI=1S/C40H48FN5O5.C31H33FN4O2/c1-7-31(28-14-9-8-10-15-28)37(29-18-20-33-32(26-29)38(41)43-46(33)36-17-11-12-24-50-36)30-19-21-34(42-27-30)49-25-23-45(39(48)51-40(2,3)4)22-13-16-35(47)44(5)6;1-4-25(22-12-8-7-9-13-22)30(23-15-17-27-26(20-23)31(32)35-34-27)24-16-18-28(33-21-24)38-19-11-6-5-10-14-29(37)36(2)3/h8-10,13-16,18-21,26-27,36H,7,11-12,17,22-25H2,1-6H3;7-10,12-18,20-21H,4-6,11,19H2,1-3H3,(H,34,35)/b16-13+,37-31-;14-10+,30-25-. The largest absolute Gasteiger partial charge is 0.478 e. The highest BCUT2D eigenvalue weighted by Crippen LogP contribution is 2.39. The number of carbonyl (C=O) groups is 3. The van der Waals surface area contributed by atoms with E-state index in [1.807, 2.05) is 103 Å². The van der Waals surface area contributed by atoms with Gasteiger partial charge in [-0.2, -0.15) is 13.9 Å². The molecule has 0 aliphatic carbocycles. The van der Waals surface area contributed by atoms with Crippen molar-refractivity contribution >= 4 is 62.0 Å². The molecule has 1 N–H and O–H groups in total. The maximum Gasteiger partial charge on any atom is 0.410 e. The van der Waals surface area contributed by atoms with Crippen molar-refractivity contribution in [2.24, 2.45) is 0 Å². The first-order chi connectivity index (χ1) is 42.9. The number of allylic oxidation sites excluding steroid dienone is 3. The van der Waals surface area contributed by atoms with Gasteiger partial charge in [-0.3, -0.25) is 14.7 Å². The second kappa shape index (κ2) is 31.6. The molecule has 0 bridgehead atoms. The summed E-state index contributed by atoms with van der Waals surface area (Å²) in [5.41, 5.74) is 10.4. The molecule has 89 heavy (non-hydrogen) atoms. The molecule has 466 valence electrons. The van der Waals surface area contributed by atoms with Gasteiger partial charge in [0, 0.05) is 83.1 Å². The fraction of sp³-hybridized carbons (Fsp3) is 0.338. The minimum absolute atomic E-state index is 0.00715. The first-order valence-electron chi connectivity index (χ1n) is 30.4. The van der Waals surface area contributed by atoms with Gasteiger partial charge in [0.15, 0.2) is 6.23 Å². The van der Waals surface area contributed by atoms with E-state index >= 15 is 4.39 Å². The number of nitrogens with one attached hydrogen (secondary N) is 1. The number of nitrogens with zero attached hydrogens (tertiary/aromatic N) is 8. The van der Waals surface area contributed by atoms with Crippen molar-refractivity contribution in [3.8, 4) is 11.8 Å². The fourth-order valence-electron chi connectivity index (χ4n) is 10.3. The van der Waals surface area contributed by atoms with Crippen LogP contribution in [0.5, 0.6) is 11.8 Å². The summed E-state index contributed by atoms with van der Waals surface area (Å²) in [7, 11) is 6.80. The number of unbranched alkanes of at least 4 members (excludes halogenated alkanes) is 2. The number of hydrogen-bond acceptors (Lipinski definition) is 11. The number of carbonyl (C=O) groups excluding carboxylic acids is 3. The molecule has 9 rings (SSSR count). The van der Waals surface area contributed by atoms with Crippen LogP contribution in [0.4, 0.5) is 13.6 Å². The van der Waals surface area contributed by atoms with Gasteiger partial charge < -0.3 is 33.6 Å². The Morgan fingerprint density at radius 3 is 1.78 bits per heavy atom. The molecule has 4 aromatic heterocycles. The number of benzene rings is 4. The molecular formula is C71H81F2N9O7. The molecule has 0 spiro atoms. The summed E-state index contributed by atoms with van der Waals surface area (Å²) in [5.74, 6) is -0.219. The van der Waals surface area contributed by atoms with Crippen molar-refractivity contribution in [3.63, 3.8) is 0 Å². The molecule has 4 aromatic carbocycles. The Bertz CT molecular complexity index is 3770. The van der Waals surface area contributed by atoms with E-state index in [0.717, 1.165) is 107 Å². The molecule has 1 saturated heterocycles. The van der Waals surface area contributed by atoms with Gasteiger partial charge >= 0.3 is 6.09 Å². The van der Waals surface area contributed by atoms with E-state index in [0.29, 0.717) is 46.8 Å². The molecule has 3 amide bonds. The first kappa shape index (κ1) is 65.7. The summed E-state index contributed by atoms with van der Waals surface area (Å²) in [6.07, 6.45) is 16.3. The number of pyridine rings is 2. The van der Waals surface area contributed by atoms with Gasteiger partial charge in [-0.05, 0) is 159 Å². The first-order valence-corrected chi connectivity index (χ1v) is 30.4. The lowest BCUT2D eigenvalue weighted by atomic mass is 9.88. The normalized spacial score (nSPS) is 14.0. The monoisotopic (exact) mass is 1210 g/mol. The lowest BCUT2D eigenvalue weighted by molar-refractivity contribution is -0.124. The minimum atomic E-state index is -0.681. The number of H-pyrrole nitrogens is 1. The van der Waals surface area contributed by atoms with E-state index < -0.39 is 23.6 Å². The van der Waals surface area contributed by atoms with Gasteiger partial charge in [-0.25, -0.2) is 19.4 Å². The van der Waals surface area contributed by atoms with Crippen LogP contribution in [0.2, 0.25) is 0 Å². The van der Waals surface area contributed by atoms with E-state index in [-0.39, 0.29) is 37.7 Å². The zero-order chi connectivity index (χ0) is 63.5. The molecule has 0 radical (unpaired) electrons. The molecule has 0 saturated carbocycles. The number of amides is 3. The minimum Gasteiger partial charge on any atom is -0.478 e. The number of rotatable bonds is 23. The maximum atomic E-state index is 15.4. The van der Waals surface area contributed by atoms with Crippen molar-refractivity contribution < 1.29 is 42.1 Å². The van der Waals surface area contributed by atoms with Crippen LogP contribution in [0.25, 0.3) is 44.1 Å². The maximum absolute atomic E-state index is 15.4. The Kier molecular flexibility index (Phi) is 23.3. The number of ether oxygens (including phenoxy) is 4. The van der Waals surface area contributed by atoms with Crippen LogP contribution in [0, 0.1) is 11.9 Å². The van der Waals surface area contributed by atoms with Crippen molar-refractivity contribution in [2.45, 2.75) is 97.8 Å². The number of halogens is 2. The Morgan fingerprint density at radius 2 is 1.24 bits per heavy atom. The molecule has 1 aliphatic heterocycles. The van der Waals surface area contributed by atoms with E-state index in [1.165, 1.54) is 15.9 Å². The molecule has 1 unspecified atom stereocenters. The Labute approximate surface area is 520 Å².